The summed E-state index contributed by atoms with van der Waals surface area (Å²) in [7, 11) is 2.00. The second-order valence-electron chi connectivity index (χ2n) is 6.20. The highest BCUT2D eigenvalue weighted by molar-refractivity contribution is 5.68. The number of piperazine rings is 1. The van der Waals surface area contributed by atoms with Crippen LogP contribution in [-0.4, -0.2) is 60.8 Å². The summed E-state index contributed by atoms with van der Waals surface area (Å²) in [6.45, 7) is 6.84. The molecule has 0 saturated carbocycles. The SMILES string of the molecule is CCOC(=O)N1CCN(c2cc(N(C)c3ccccc3)nc(C)n2)CC1. The number of carbonyl (C=O) groups excluding carboxylic acids is 1. The molecule has 0 radical (unpaired) electrons. The summed E-state index contributed by atoms with van der Waals surface area (Å²) in [6, 6.07) is 12.1. The Bertz CT molecular complexity index is 745. The Balaban J connectivity index is 1.74. The molecule has 1 aromatic heterocycles. The maximum absolute atomic E-state index is 11.8. The van der Waals surface area contributed by atoms with Crippen LogP contribution in [0.2, 0.25) is 0 Å². The summed E-state index contributed by atoms with van der Waals surface area (Å²) in [5, 5.41) is 0. The lowest BCUT2D eigenvalue weighted by atomic mass is 10.3. The fourth-order valence-electron chi connectivity index (χ4n) is 2.99. The van der Waals surface area contributed by atoms with Crippen LogP contribution in [0.3, 0.4) is 0 Å². The van der Waals surface area contributed by atoms with Crippen molar-refractivity contribution in [2.24, 2.45) is 0 Å². The summed E-state index contributed by atoms with van der Waals surface area (Å²) < 4.78 is 5.08. The molecule has 7 nitrogen and oxygen atoms in total. The minimum atomic E-state index is -0.240. The van der Waals surface area contributed by atoms with E-state index in [2.05, 4.69) is 27.0 Å². The molecule has 2 aromatic rings. The van der Waals surface area contributed by atoms with Crippen molar-refractivity contribution in [2.75, 3.05) is 49.6 Å². The van der Waals surface area contributed by atoms with Crippen LogP contribution in [-0.2, 0) is 4.74 Å². The normalized spacial score (nSPS) is 14.3. The average Bonchev–Trinajstić information content (AvgIpc) is 2.68. The number of amides is 1. The Morgan fingerprint density at radius 2 is 1.85 bits per heavy atom. The Morgan fingerprint density at radius 1 is 1.15 bits per heavy atom. The Labute approximate surface area is 154 Å². The molecule has 1 aliphatic rings. The van der Waals surface area contributed by atoms with Crippen LogP contribution in [0.15, 0.2) is 36.4 Å². The molecule has 1 aromatic carbocycles. The molecule has 3 rings (SSSR count). The van der Waals surface area contributed by atoms with Gasteiger partial charge < -0.3 is 19.4 Å². The zero-order valence-corrected chi connectivity index (χ0v) is 15.6. The van der Waals surface area contributed by atoms with Gasteiger partial charge in [-0.05, 0) is 26.0 Å². The zero-order valence-electron chi connectivity index (χ0n) is 15.6. The highest BCUT2D eigenvalue weighted by atomic mass is 16.6. The van der Waals surface area contributed by atoms with Crippen molar-refractivity contribution in [1.82, 2.24) is 14.9 Å². The predicted octanol–water partition coefficient (Wildman–Crippen LogP) is 2.83. The van der Waals surface area contributed by atoms with Gasteiger partial charge in [0.25, 0.3) is 0 Å². The first kappa shape index (κ1) is 18.0. The van der Waals surface area contributed by atoms with E-state index in [0.717, 1.165) is 36.2 Å². The van der Waals surface area contributed by atoms with Crippen molar-refractivity contribution >= 4 is 23.4 Å². The van der Waals surface area contributed by atoms with Crippen LogP contribution in [0, 0.1) is 6.92 Å². The number of rotatable bonds is 4. The summed E-state index contributed by atoms with van der Waals surface area (Å²) >= 11 is 0. The fraction of sp³-hybridized carbons (Fsp3) is 0.421. The minimum absolute atomic E-state index is 0.240. The molecule has 0 N–H and O–H groups in total. The summed E-state index contributed by atoms with van der Waals surface area (Å²) in [5.74, 6) is 2.47. The average molecular weight is 355 g/mol. The van der Waals surface area contributed by atoms with E-state index >= 15 is 0 Å². The van der Waals surface area contributed by atoms with Gasteiger partial charge in [0.2, 0.25) is 0 Å². The van der Waals surface area contributed by atoms with Crippen LogP contribution in [0.1, 0.15) is 12.7 Å². The first-order chi connectivity index (χ1) is 12.6. The van der Waals surface area contributed by atoms with Crippen molar-refractivity contribution in [2.45, 2.75) is 13.8 Å². The van der Waals surface area contributed by atoms with Gasteiger partial charge in [-0.2, -0.15) is 0 Å². The Morgan fingerprint density at radius 3 is 2.50 bits per heavy atom. The molecule has 7 heteroatoms. The highest BCUT2D eigenvalue weighted by Crippen LogP contribution is 2.25. The van der Waals surface area contributed by atoms with Gasteiger partial charge in [-0.3, -0.25) is 0 Å². The standard InChI is InChI=1S/C19H25N5O2/c1-4-26-19(25)24-12-10-23(11-13-24)18-14-17(20-15(2)21-18)22(3)16-8-6-5-7-9-16/h5-9,14H,4,10-13H2,1-3H3. The summed E-state index contributed by atoms with van der Waals surface area (Å²) in [5.41, 5.74) is 1.07. The lowest BCUT2D eigenvalue weighted by Crippen LogP contribution is -2.49. The second-order valence-corrected chi connectivity index (χ2v) is 6.20. The third kappa shape index (κ3) is 4.04. The molecule has 1 saturated heterocycles. The number of carbonyl (C=O) groups is 1. The molecule has 0 bridgehead atoms. The zero-order chi connectivity index (χ0) is 18.5. The van der Waals surface area contributed by atoms with Crippen molar-refractivity contribution < 1.29 is 9.53 Å². The van der Waals surface area contributed by atoms with E-state index in [1.807, 2.05) is 50.1 Å². The number of benzene rings is 1. The molecule has 0 atom stereocenters. The van der Waals surface area contributed by atoms with Crippen molar-refractivity contribution in [3.05, 3.63) is 42.2 Å². The number of anilines is 3. The van der Waals surface area contributed by atoms with Crippen molar-refractivity contribution in [1.29, 1.82) is 0 Å². The van der Waals surface area contributed by atoms with Gasteiger partial charge in [0.1, 0.15) is 17.5 Å². The number of hydrogen-bond acceptors (Lipinski definition) is 6. The minimum Gasteiger partial charge on any atom is -0.450 e. The van der Waals surface area contributed by atoms with Gasteiger partial charge >= 0.3 is 6.09 Å². The van der Waals surface area contributed by atoms with Gasteiger partial charge in [0.15, 0.2) is 0 Å². The van der Waals surface area contributed by atoms with E-state index in [-0.39, 0.29) is 6.09 Å². The first-order valence-electron chi connectivity index (χ1n) is 8.89. The van der Waals surface area contributed by atoms with Crippen molar-refractivity contribution in [3.63, 3.8) is 0 Å². The van der Waals surface area contributed by atoms with Crippen LogP contribution in [0.25, 0.3) is 0 Å². The molecule has 1 aliphatic heterocycles. The fourth-order valence-corrected chi connectivity index (χ4v) is 2.99. The first-order valence-corrected chi connectivity index (χ1v) is 8.89. The molecule has 0 spiro atoms. The molecule has 1 fully saturated rings. The summed E-state index contributed by atoms with van der Waals surface area (Å²) in [6.07, 6.45) is -0.240. The van der Waals surface area contributed by atoms with E-state index in [1.165, 1.54) is 0 Å². The third-order valence-corrected chi connectivity index (χ3v) is 4.43. The number of aromatic nitrogens is 2. The van der Waals surface area contributed by atoms with Gasteiger partial charge in [0.05, 0.1) is 6.61 Å². The quantitative estimate of drug-likeness (QED) is 0.840. The van der Waals surface area contributed by atoms with Crippen LogP contribution >= 0.6 is 0 Å². The Hall–Kier alpha value is -2.83. The lowest BCUT2D eigenvalue weighted by Gasteiger charge is -2.35. The molecule has 0 unspecified atom stereocenters. The number of nitrogens with zero attached hydrogens (tertiary/aromatic N) is 5. The van der Waals surface area contributed by atoms with Gasteiger partial charge in [-0.15, -0.1) is 0 Å². The van der Waals surface area contributed by atoms with E-state index in [1.54, 1.807) is 4.90 Å². The largest absolute Gasteiger partial charge is 0.450 e. The maximum atomic E-state index is 11.8. The van der Waals surface area contributed by atoms with Gasteiger partial charge in [0, 0.05) is 45.0 Å². The number of ether oxygens (including phenoxy) is 1. The monoisotopic (exact) mass is 355 g/mol. The smallest absolute Gasteiger partial charge is 0.409 e. The van der Waals surface area contributed by atoms with E-state index in [9.17, 15) is 4.79 Å². The highest BCUT2D eigenvalue weighted by Gasteiger charge is 2.23. The van der Waals surface area contributed by atoms with E-state index < -0.39 is 0 Å². The molecule has 26 heavy (non-hydrogen) atoms. The predicted molar refractivity (Wildman–Crippen MR) is 102 cm³/mol. The molecule has 0 aliphatic carbocycles. The topological polar surface area (TPSA) is 61.8 Å². The molecular formula is C19H25N5O2. The van der Waals surface area contributed by atoms with Crippen LogP contribution in [0.4, 0.5) is 22.1 Å². The maximum Gasteiger partial charge on any atom is 0.409 e. The second kappa shape index (κ2) is 8.03. The van der Waals surface area contributed by atoms with Crippen molar-refractivity contribution in [3.8, 4) is 0 Å². The number of para-hydroxylation sites is 1. The van der Waals surface area contributed by atoms with Crippen LogP contribution < -0.4 is 9.80 Å². The number of aryl methyl sites for hydroxylation is 1. The lowest BCUT2D eigenvalue weighted by molar-refractivity contribution is 0.105. The molecule has 138 valence electrons. The van der Waals surface area contributed by atoms with Gasteiger partial charge in [-0.1, -0.05) is 18.2 Å². The van der Waals surface area contributed by atoms with E-state index in [4.69, 9.17) is 4.74 Å². The Kier molecular flexibility index (Phi) is 5.55. The third-order valence-electron chi connectivity index (χ3n) is 4.43. The van der Waals surface area contributed by atoms with E-state index in [0.29, 0.717) is 19.7 Å². The van der Waals surface area contributed by atoms with Crippen LogP contribution in [0.5, 0.6) is 0 Å². The summed E-state index contributed by atoms with van der Waals surface area (Å²) in [4.78, 5) is 27.0. The van der Waals surface area contributed by atoms with Gasteiger partial charge in [-0.25, -0.2) is 14.8 Å². The number of hydrogen-bond donors (Lipinski definition) is 0. The molecule has 2 heterocycles. The molecule has 1 amide bonds. The molecular weight excluding hydrogens is 330 g/mol.